The molecule has 1 saturated heterocycles. The average molecular weight is 490 g/mol. The van der Waals surface area contributed by atoms with Gasteiger partial charge in [-0.1, -0.05) is 0 Å². The first-order chi connectivity index (χ1) is 16.6. The van der Waals surface area contributed by atoms with E-state index in [0.717, 1.165) is 33.9 Å². The van der Waals surface area contributed by atoms with E-state index < -0.39 is 0 Å². The number of hydrogen-bond acceptors (Lipinski definition) is 9. The molecule has 9 heteroatoms. The number of rotatable bonds is 8. The summed E-state index contributed by atoms with van der Waals surface area (Å²) in [5.74, 6) is 0. The van der Waals surface area contributed by atoms with Gasteiger partial charge in [0, 0.05) is 30.4 Å². The largest absolute Gasteiger partial charge is 0.363 e. The Balaban J connectivity index is 1.19. The smallest absolute Gasteiger partial charge is 0.229 e. The quantitative estimate of drug-likeness (QED) is 0.173. The van der Waals surface area contributed by atoms with E-state index in [1.807, 2.05) is 41.8 Å². The molecule has 2 aromatic carbocycles. The van der Waals surface area contributed by atoms with Crippen LogP contribution in [-0.2, 0) is 0 Å². The summed E-state index contributed by atoms with van der Waals surface area (Å²) in [6, 6.07) is 16.7. The van der Waals surface area contributed by atoms with Crippen LogP contribution in [0.2, 0.25) is 0 Å². The van der Waals surface area contributed by atoms with Crippen LogP contribution in [-0.4, -0.2) is 18.1 Å². The van der Waals surface area contributed by atoms with Crippen molar-refractivity contribution in [1.82, 2.24) is 4.98 Å². The Morgan fingerprint density at radius 3 is 2.47 bits per heavy atom. The fourth-order valence-corrected chi connectivity index (χ4v) is 5.30. The van der Waals surface area contributed by atoms with Gasteiger partial charge < -0.3 is 21.1 Å². The van der Waals surface area contributed by atoms with Crippen molar-refractivity contribution in [3.8, 4) is 0 Å². The lowest BCUT2D eigenvalue weighted by Gasteiger charge is -2.15. The molecule has 1 aliphatic rings. The molecule has 3 N–H and O–H groups in total. The highest BCUT2D eigenvalue weighted by Crippen LogP contribution is 2.34. The van der Waals surface area contributed by atoms with Crippen LogP contribution in [0.25, 0.3) is 0 Å². The maximum Gasteiger partial charge on any atom is 0.229 e. The average Bonchev–Trinajstić information content (AvgIpc) is 3.60. The lowest BCUT2D eigenvalue weighted by atomic mass is 10.2. The van der Waals surface area contributed by atoms with Gasteiger partial charge in [-0.25, -0.2) is 4.98 Å². The predicted molar refractivity (Wildman–Crippen MR) is 145 cm³/mol. The predicted octanol–water partition coefficient (Wildman–Crippen LogP) is 8.02. The Labute approximate surface area is 207 Å². The molecule has 3 heterocycles. The van der Waals surface area contributed by atoms with Crippen LogP contribution in [0.15, 0.2) is 70.3 Å². The molecule has 5 rings (SSSR count). The number of benzene rings is 2. The lowest BCUT2D eigenvalue weighted by molar-refractivity contribution is 0.949. The number of hydrogen-bond donors (Lipinski definition) is 3. The molecule has 0 unspecified atom stereocenters. The van der Waals surface area contributed by atoms with Gasteiger partial charge >= 0.3 is 0 Å². The molecule has 1 fully saturated rings. The minimum Gasteiger partial charge on any atom is -0.363 e. The summed E-state index contributed by atoms with van der Waals surface area (Å²) in [5, 5.41) is 17.1. The Hall–Kier alpha value is -3.43. The number of thiazole rings is 1. The summed E-state index contributed by atoms with van der Waals surface area (Å²) in [6.45, 7) is 6.47. The fraction of sp³-hybridized carbons (Fsp3) is 0.240. The first kappa shape index (κ1) is 22.4. The molecule has 4 aromatic rings. The van der Waals surface area contributed by atoms with Crippen LogP contribution < -0.4 is 21.1 Å². The van der Waals surface area contributed by atoms with Crippen LogP contribution in [0.3, 0.4) is 0 Å². The topological polar surface area (TPSA) is 76.9 Å². The van der Waals surface area contributed by atoms with Crippen molar-refractivity contribution in [3.05, 3.63) is 71.2 Å². The summed E-state index contributed by atoms with van der Waals surface area (Å²) in [6.07, 6.45) is 4.32. The second-order valence-electron chi connectivity index (χ2n) is 8.25. The van der Waals surface area contributed by atoms with E-state index in [2.05, 4.69) is 73.5 Å². The van der Waals surface area contributed by atoms with E-state index in [1.165, 1.54) is 47.3 Å². The Morgan fingerprint density at radius 2 is 1.71 bits per heavy atom. The summed E-state index contributed by atoms with van der Waals surface area (Å²) < 4.78 is 0. The number of thiophene rings is 1. The molecule has 7 nitrogen and oxygen atoms in total. The zero-order valence-electron chi connectivity index (χ0n) is 19.2. The summed E-state index contributed by atoms with van der Waals surface area (Å²) in [5.41, 5.74) is 12.7. The first-order valence-corrected chi connectivity index (χ1v) is 13.0. The maximum absolute atomic E-state index is 4.31. The molecule has 1 aliphatic heterocycles. The van der Waals surface area contributed by atoms with Crippen LogP contribution in [0.4, 0.5) is 37.9 Å². The van der Waals surface area contributed by atoms with Crippen molar-refractivity contribution in [3.63, 3.8) is 0 Å². The molecule has 0 bridgehead atoms. The van der Waals surface area contributed by atoms with E-state index in [4.69, 9.17) is 0 Å². The van der Waals surface area contributed by atoms with Crippen molar-refractivity contribution < 1.29 is 0 Å². The maximum atomic E-state index is 4.31. The standard InChI is InChI=1S/C25H27N7S2/c1-17-15-19(27-23-9-10-24(34-23)32-12-3-4-13-32)5-7-21(17)29-28-20-6-8-22(18(2)16-20)30-31-25-26-11-14-33-25/h5-11,14-16,27-29H,3-4,12-13H2,1-2H3. The molecule has 0 radical (unpaired) electrons. The zero-order valence-corrected chi connectivity index (χ0v) is 20.8. The van der Waals surface area contributed by atoms with Crippen molar-refractivity contribution in [2.75, 3.05) is 34.2 Å². The summed E-state index contributed by atoms with van der Waals surface area (Å²) in [7, 11) is 0. The first-order valence-electron chi connectivity index (χ1n) is 11.3. The molecule has 34 heavy (non-hydrogen) atoms. The third-order valence-corrected chi connectivity index (χ3v) is 7.42. The monoisotopic (exact) mass is 489 g/mol. The third-order valence-electron chi connectivity index (χ3n) is 5.70. The van der Waals surface area contributed by atoms with E-state index in [9.17, 15) is 0 Å². The second kappa shape index (κ2) is 10.2. The fourth-order valence-electron chi connectivity index (χ4n) is 3.87. The van der Waals surface area contributed by atoms with E-state index in [0.29, 0.717) is 5.13 Å². The second-order valence-corrected chi connectivity index (χ2v) is 10.2. The normalized spacial score (nSPS) is 13.5. The molecule has 174 valence electrons. The molecular formula is C25H27N7S2. The van der Waals surface area contributed by atoms with Crippen LogP contribution >= 0.6 is 22.7 Å². The number of aryl methyl sites for hydroxylation is 2. The molecule has 0 spiro atoms. The molecule has 2 aromatic heterocycles. The van der Waals surface area contributed by atoms with Crippen molar-refractivity contribution in [1.29, 1.82) is 0 Å². The van der Waals surface area contributed by atoms with E-state index >= 15 is 0 Å². The molecule has 0 aliphatic carbocycles. The van der Waals surface area contributed by atoms with Gasteiger partial charge in [0.2, 0.25) is 5.13 Å². The highest BCUT2D eigenvalue weighted by atomic mass is 32.1. The zero-order chi connectivity index (χ0) is 23.3. The Kier molecular flexibility index (Phi) is 6.73. The minimum atomic E-state index is 0.655. The van der Waals surface area contributed by atoms with Gasteiger partial charge in [0.15, 0.2) is 0 Å². The number of anilines is 5. The summed E-state index contributed by atoms with van der Waals surface area (Å²) >= 11 is 3.28. The van der Waals surface area contributed by atoms with E-state index in [-0.39, 0.29) is 0 Å². The molecule has 0 amide bonds. The van der Waals surface area contributed by atoms with E-state index in [1.54, 1.807) is 6.20 Å². The van der Waals surface area contributed by atoms with Gasteiger partial charge in [0.05, 0.1) is 27.1 Å². The minimum absolute atomic E-state index is 0.655. The van der Waals surface area contributed by atoms with Gasteiger partial charge in [-0.3, -0.25) is 0 Å². The Bertz CT molecular complexity index is 1270. The molecule has 0 saturated carbocycles. The lowest BCUT2D eigenvalue weighted by Crippen LogP contribution is -2.15. The van der Waals surface area contributed by atoms with Gasteiger partial charge in [0.1, 0.15) is 0 Å². The number of azo groups is 1. The van der Waals surface area contributed by atoms with Gasteiger partial charge in [-0.05, 0) is 86.3 Å². The number of nitrogens with zero attached hydrogens (tertiary/aromatic N) is 4. The molecule has 0 atom stereocenters. The van der Waals surface area contributed by atoms with Crippen LogP contribution in [0.1, 0.15) is 24.0 Å². The highest BCUT2D eigenvalue weighted by Gasteiger charge is 2.14. The van der Waals surface area contributed by atoms with Crippen LogP contribution in [0, 0.1) is 13.8 Å². The van der Waals surface area contributed by atoms with Crippen molar-refractivity contribution in [2.45, 2.75) is 26.7 Å². The SMILES string of the molecule is Cc1cc(NNc2ccc(Nc3ccc(N4CCCC4)s3)cc2C)ccc1N=Nc1nccs1. The van der Waals surface area contributed by atoms with Gasteiger partial charge in [0.25, 0.3) is 0 Å². The Morgan fingerprint density at radius 1 is 0.882 bits per heavy atom. The van der Waals surface area contributed by atoms with Gasteiger partial charge in [-0.15, -0.1) is 32.9 Å². The summed E-state index contributed by atoms with van der Waals surface area (Å²) in [4.78, 5) is 6.60. The third kappa shape index (κ3) is 5.37. The number of aromatic nitrogens is 1. The van der Waals surface area contributed by atoms with Crippen molar-refractivity contribution >= 4 is 60.6 Å². The highest BCUT2D eigenvalue weighted by molar-refractivity contribution is 7.20. The van der Waals surface area contributed by atoms with Crippen molar-refractivity contribution in [2.24, 2.45) is 10.2 Å². The molecular weight excluding hydrogens is 462 g/mol. The van der Waals surface area contributed by atoms with Crippen LogP contribution in [0.5, 0.6) is 0 Å². The number of nitrogens with one attached hydrogen (secondary N) is 3. The number of hydrazine groups is 1. The van der Waals surface area contributed by atoms with Gasteiger partial charge in [-0.2, -0.15) is 0 Å².